The molecule has 1 unspecified atom stereocenters. The fourth-order valence-electron chi connectivity index (χ4n) is 2.74. The van der Waals surface area contributed by atoms with E-state index in [-0.39, 0.29) is 25.1 Å². The number of fused-ring (bicyclic) bond motifs is 1. The number of ether oxygens (including phenoxy) is 1. The Hall–Kier alpha value is -1.92. The van der Waals surface area contributed by atoms with Gasteiger partial charge in [-0.3, -0.25) is 9.48 Å². The van der Waals surface area contributed by atoms with E-state index in [0.29, 0.717) is 26.2 Å². The van der Waals surface area contributed by atoms with Gasteiger partial charge in [0.25, 0.3) is 0 Å². The average molecular weight is 289 g/mol. The van der Waals surface area contributed by atoms with Gasteiger partial charge >= 0.3 is 0 Å². The van der Waals surface area contributed by atoms with E-state index >= 15 is 0 Å². The van der Waals surface area contributed by atoms with Crippen molar-refractivity contribution in [2.75, 3.05) is 26.4 Å². The third-order valence-electron chi connectivity index (χ3n) is 3.85. The Morgan fingerprint density at radius 2 is 2.29 bits per heavy atom. The van der Waals surface area contributed by atoms with Crippen LogP contribution in [-0.4, -0.2) is 58.1 Å². The summed E-state index contributed by atoms with van der Waals surface area (Å²) in [4.78, 5) is 14.3. The maximum Gasteiger partial charge on any atom is 0.244 e. The van der Waals surface area contributed by atoms with Crippen LogP contribution in [0.15, 0.2) is 30.5 Å². The summed E-state index contributed by atoms with van der Waals surface area (Å²) < 4.78 is 7.12. The van der Waals surface area contributed by atoms with Gasteiger partial charge in [-0.05, 0) is 12.5 Å². The van der Waals surface area contributed by atoms with Crippen molar-refractivity contribution >= 4 is 16.8 Å². The zero-order chi connectivity index (χ0) is 14.7. The second-order valence-electron chi connectivity index (χ2n) is 5.19. The predicted octanol–water partition coefficient (Wildman–Crippen LogP) is 0.646. The first-order valence-electron chi connectivity index (χ1n) is 7.18. The second-order valence-corrected chi connectivity index (χ2v) is 5.19. The van der Waals surface area contributed by atoms with Crippen molar-refractivity contribution in [1.29, 1.82) is 0 Å². The topological polar surface area (TPSA) is 67.6 Å². The van der Waals surface area contributed by atoms with Crippen LogP contribution in [-0.2, 0) is 16.1 Å². The lowest BCUT2D eigenvalue weighted by molar-refractivity contribution is -0.141. The van der Waals surface area contributed by atoms with Crippen molar-refractivity contribution in [2.45, 2.75) is 19.0 Å². The molecule has 1 amide bonds. The van der Waals surface area contributed by atoms with Crippen molar-refractivity contribution in [3.63, 3.8) is 0 Å². The molecular weight excluding hydrogens is 270 g/mol. The highest BCUT2D eigenvalue weighted by Gasteiger charge is 2.27. The van der Waals surface area contributed by atoms with Crippen molar-refractivity contribution < 1.29 is 14.6 Å². The third kappa shape index (κ3) is 2.91. The highest BCUT2D eigenvalue weighted by atomic mass is 16.5. The largest absolute Gasteiger partial charge is 0.396 e. The van der Waals surface area contributed by atoms with Crippen LogP contribution < -0.4 is 0 Å². The first kappa shape index (κ1) is 14.0. The zero-order valence-electron chi connectivity index (χ0n) is 11.8. The molecule has 1 N–H and O–H groups in total. The van der Waals surface area contributed by atoms with Gasteiger partial charge in [0.15, 0.2) is 0 Å². The summed E-state index contributed by atoms with van der Waals surface area (Å²) in [5, 5.41) is 14.4. The summed E-state index contributed by atoms with van der Waals surface area (Å²) in [5.41, 5.74) is 0.956. The molecule has 0 spiro atoms. The van der Waals surface area contributed by atoms with E-state index in [4.69, 9.17) is 9.84 Å². The summed E-state index contributed by atoms with van der Waals surface area (Å²) in [5.74, 6) is 0.0191. The molecule has 1 aromatic heterocycles. The van der Waals surface area contributed by atoms with E-state index in [1.807, 2.05) is 24.3 Å². The molecule has 1 aliphatic heterocycles. The quantitative estimate of drug-likeness (QED) is 0.897. The highest BCUT2D eigenvalue weighted by molar-refractivity contribution is 5.82. The van der Waals surface area contributed by atoms with E-state index in [9.17, 15) is 4.79 Å². The Bertz CT molecular complexity index is 623. The lowest BCUT2D eigenvalue weighted by Gasteiger charge is -2.35. The molecule has 3 rings (SSSR count). The number of carbonyl (C=O) groups excluding carboxylic acids is 1. The van der Waals surface area contributed by atoms with Crippen LogP contribution in [0.3, 0.4) is 0 Å². The molecule has 1 saturated heterocycles. The number of carbonyl (C=O) groups is 1. The molecule has 112 valence electrons. The molecule has 21 heavy (non-hydrogen) atoms. The normalized spacial score (nSPS) is 19.1. The van der Waals surface area contributed by atoms with Crippen molar-refractivity contribution in [3.05, 3.63) is 30.5 Å². The molecule has 0 saturated carbocycles. The number of morpholine rings is 1. The highest BCUT2D eigenvalue weighted by Crippen LogP contribution is 2.15. The number of amides is 1. The minimum atomic E-state index is -0.0434. The molecule has 2 aromatic rings. The molecule has 6 nitrogen and oxygen atoms in total. The van der Waals surface area contributed by atoms with Gasteiger partial charge in [0.1, 0.15) is 6.54 Å². The molecule has 0 aliphatic carbocycles. The first-order chi connectivity index (χ1) is 10.3. The number of aliphatic hydroxyl groups is 1. The van der Waals surface area contributed by atoms with Gasteiger partial charge in [-0.15, -0.1) is 0 Å². The Labute approximate surface area is 122 Å². The average Bonchev–Trinajstić information content (AvgIpc) is 2.91. The summed E-state index contributed by atoms with van der Waals surface area (Å²) in [6.07, 6.45) is 2.32. The van der Waals surface area contributed by atoms with Gasteiger partial charge in [-0.2, -0.15) is 5.10 Å². The Balaban J connectivity index is 1.75. The first-order valence-corrected chi connectivity index (χ1v) is 7.18. The second kappa shape index (κ2) is 6.24. The van der Waals surface area contributed by atoms with Crippen LogP contribution in [0, 0.1) is 0 Å². The van der Waals surface area contributed by atoms with Gasteiger partial charge in [0.05, 0.1) is 31.0 Å². The molecule has 1 aromatic carbocycles. The number of aromatic nitrogens is 2. The Kier molecular flexibility index (Phi) is 4.17. The number of nitrogens with zero attached hydrogens (tertiary/aromatic N) is 3. The molecule has 2 heterocycles. The maximum atomic E-state index is 12.5. The lowest BCUT2D eigenvalue weighted by Crippen LogP contribution is -2.50. The van der Waals surface area contributed by atoms with Crippen molar-refractivity contribution in [3.8, 4) is 0 Å². The predicted molar refractivity (Wildman–Crippen MR) is 77.8 cm³/mol. The molecule has 6 heteroatoms. The van der Waals surface area contributed by atoms with Crippen molar-refractivity contribution in [2.24, 2.45) is 0 Å². The van der Waals surface area contributed by atoms with Crippen LogP contribution in [0.2, 0.25) is 0 Å². The monoisotopic (exact) mass is 289 g/mol. The summed E-state index contributed by atoms with van der Waals surface area (Å²) in [6, 6.07) is 7.79. The molecular formula is C15H19N3O3. The maximum absolute atomic E-state index is 12.5. The van der Waals surface area contributed by atoms with E-state index in [1.165, 1.54) is 0 Å². The standard InChI is InChI=1S/C15H19N3O3/c19-7-5-13-11-21-8-6-17(13)15(20)10-18-14-4-2-1-3-12(14)9-16-18/h1-4,9,13,19H,5-8,10-11H2. The lowest BCUT2D eigenvalue weighted by atomic mass is 10.1. The minimum absolute atomic E-state index is 0.0191. The van der Waals surface area contributed by atoms with Gasteiger partial charge in [-0.1, -0.05) is 18.2 Å². The smallest absolute Gasteiger partial charge is 0.244 e. The third-order valence-corrected chi connectivity index (χ3v) is 3.85. The SMILES string of the molecule is O=C(Cn1ncc2ccccc21)N1CCOCC1CCO. The number of hydrogen-bond donors (Lipinski definition) is 1. The number of benzene rings is 1. The molecule has 0 bridgehead atoms. The number of rotatable bonds is 4. The summed E-state index contributed by atoms with van der Waals surface area (Å²) in [7, 11) is 0. The van der Waals surface area contributed by atoms with Crippen LogP contribution in [0.5, 0.6) is 0 Å². The van der Waals surface area contributed by atoms with E-state index < -0.39 is 0 Å². The van der Waals surface area contributed by atoms with Crippen LogP contribution in [0.4, 0.5) is 0 Å². The van der Waals surface area contributed by atoms with Gasteiger partial charge < -0.3 is 14.7 Å². The van der Waals surface area contributed by atoms with Gasteiger partial charge in [0.2, 0.25) is 5.91 Å². The molecule has 1 atom stereocenters. The van der Waals surface area contributed by atoms with Crippen LogP contribution >= 0.6 is 0 Å². The Morgan fingerprint density at radius 3 is 3.14 bits per heavy atom. The number of para-hydroxylation sites is 1. The molecule has 1 fully saturated rings. The van der Waals surface area contributed by atoms with Gasteiger partial charge in [0, 0.05) is 18.5 Å². The van der Waals surface area contributed by atoms with Gasteiger partial charge in [-0.25, -0.2) is 0 Å². The molecule has 0 radical (unpaired) electrons. The van der Waals surface area contributed by atoms with Crippen molar-refractivity contribution in [1.82, 2.24) is 14.7 Å². The Morgan fingerprint density at radius 1 is 1.43 bits per heavy atom. The van der Waals surface area contributed by atoms with Crippen LogP contribution in [0.1, 0.15) is 6.42 Å². The minimum Gasteiger partial charge on any atom is -0.396 e. The molecule has 1 aliphatic rings. The number of aliphatic hydroxyl groups excluding tert-OH is 1. The van der Waals surface area contributed by atoms with E-state index in [1.54, 1.807) is 15.8 Å². The fraction of sp³-hybridized carbons (Fsp3) is 0.467. The zero-order valence-corrected chi connectivity index (χ0v) is 11.8. The van der Waals surface area contributed by atoms with E-state index in [2.05, 4.69) is 5.10 Å². The van der Waals surface area contributed by atoms with Crippen LogP contribution in [0.25, 0.3) is 10.9 Å². The van der Waals surface area contributed by atoms with E-state index in [0.717, 1.165) is 10.9 Å². The summed E-state index contributed by atoms with van der Waals surface area (Å²) in [6.45, 7) is 1.89. The number of hydrogen-bond acceptors (Lipinski definition) is 4. The fourth-order valence-corrected chi connectivity index (χ4v) is 2.74. The summed E-state index contributed by atoms with van der Waals surface area (Å²) >= 11 is 0.